The number of hydrogen-bond donors (Lipinski definition) is 2. The highest BCUT2D eigenvalue weighted by molar-refractivity contribution is 5.93. The Morgan fingerprint density at radius 3 is 2.53 bits per heavy atom. The minimum absolute atomic E-state index is 0.0381. The maximum absolute atomic E-state index is 13.8. The number of primary amides is 1. The number of rotatable bonds is 8. The molecule has 0 radical (unpaired) electrons. The van der Waals surface area contributed by atoms with E-state index in [1.165, 1.54) is 12.1 Å². The van der Waals surface area contributed by atoms with Crippen molar-refractivity contribution in [1.29, 1.82) is 0 Å². The summed E-state index contributed by atoms with van der Waals surface area (Å²) in [6, 6.07) is 13.1. The number of ether oxygens (including phenoxy) is 1. The number of nitrogens with zero attached hydrogens (tertiary/aromatic N) is 1. The maximum Gasteiger partial charge on any atom is 0.303 e. The minimum atomic E-state index is -0.901. The highest BCUT2D eigenvalue weighted by Gasteiger charge is 2.18. The number of benzene rings is 2. The van der Waals surface area contributed by atoms with Crippen LogP contribution in [0.3, 0.4) is 0 Å². The van der Waals surface area contributed by atoms with Gasteiger partial charge in [0.05, 0.1) is 18.7 Å². The average Bonchev–Trinajstić information content (AvgIpc) is 3.10. The van der Waals surface area contributed by atoms with Crippen molar-refractivity contribution in [3.05, 3.63) is 71.2 Å². The van der Waals surface area contributed by atoms with Gasteiger partial charge in [-0.25, -0.2) is 4.39 Å². The number of aromatic nitrogens is 1. The molecule has 0 unspecified atom stereocenters. The van der Waals surface area contributed by atoms with E-state index in [0.717, 1.165) is 22.6 Å². The molecule has 1 aromatic heterocycles. The molecule has 3 rings (SSSR count). The molecule has 30 heavy (non-hydrogen) atoms. The molecule has 0 saturated carbocycles. The van der Waals surface area contributed by atoms with Crippen LogP contribution in [0.4, 0.5) is 4.39 Å². The van der Waals surface area contributed by atoms with Crippen molar-refractivity contribution in [2.75, 3.05) is 6.61 Å². The summed E-state index contributed by atoms with van der Waals surface area (Å²) < 4.78 is 21.4. The van der Waals surface area contributed by atoms with Crippen molar-refractivity contribution in [3.8, 4) is 22.7 Å². The van der Waals surface area contributed by atoms with Crippen LogP contribution in [0.5, 0.6) is 5.75 Å². The second kappa shape index (κ2) is 8.82. The van der Waals surface area contributed by atoms with Crippen molar-refractivity contribution in [1.82, 2.24) is 4.57 Å². The molecule has 156 valence electrons. The van der Waals surface area contributed by atoms with E-state index < -0.39 is 17.7 Å². The normalized spacial score (nSPS) is 10.8. The largest absolute Gasteiger partial charge is 0.493 e. The fourth-order valence-corrected chi connectivity index (χ4v) is 3.45. The molecule has 2 aromatic carbocycles. The number of hydrogen-bond acceptors (Lipinski definition) is 3. The van der Waals surface area contributed by atoms with Gasteiger partial charge in [0.2, 0.25) is 5.91 Å². The molecule has 1 amide bonds. The zero-order chi connectivity index (χ0) is 21.8. The lowest BCUT2D eigenvalue weighted by Crippen LogP contribution is -2.12. The lowest BCUT2D eigenvalue weighted by Gasteiger charge is -2.18. The maximum atomic E-state index is 13.8. The van der Waals surface area contributed by atoms with Crippen molar-refractivity contribution in [3.63, 3.8) is 0 Å². The first-order valence-electron chi connectivity index (χ1n) is 9.57. The van der Waals surface area contributed by atoms with Crippen LogP contribution >= 0.6 is 0 Å². The molecule has 0 bridgehead atoms. The van der Waals surface area contributed by atoms with E-state index in [1.807, 2.05) is 30.5 Å². The third kappa shape index (κ3) is 4.35. The quantitative estimate of drug-likeness (QED) is 0.584. The number of halogens is 1. The molecular formula is C23H23FN2O4. The Morgan fingerprint density at radius 1 is 1.13 bits per heavy atom. The first-order chi connectivity index (χ1) is 14.3. The van der Waals surface area contributed by atoms with Crippen LogP contribution in [0, 0.1) is 12.7 Å². The molecule has 6 nitrogen and oxygen atoms in total. The SMILES string of the molecule is CCOc1cc(F)ccc1-c1ccc(CCC(=O)O)n1-c1ccc(C(N)=O)cc1C. The summed E-state index contributed by atoms with van der Waals surface area (Å²) in [6.07, 6.45) is 0.265. The van der Waals surface area contributed by atoms with Gasteiger partial charge >= 0.3 is 5.97 Å². The zero-order valence-corrected chi connectivity index (χ0v) is 16.8. The Kier molecular flexibility index (Phi) is 6.20. The summed E-state index contributed by atoms with van der Waals surface area (Å²) in [4.78, 5) is 22.7. The molecule has 0 aliphatic heterocycles. The summed E-state index contributed by atoms with van der Waals surface area (Å²) in [5, 5.41) is 9.13. The summed E-state index contributed by atoms with van der Waals surface area (Å²) in [7, 11) is 0. The van der Waals surface area contributed by atoms with Crippen LogP contribution in [0.15, 0.2) is 48.5 Å². The second-order valence-electron chi connectivity index (χ2n) is 6.88. The number of carbonyl (C=O) groups excluding carboxylic acids is 1. The van der Waals surface area contributed by atoms with Gasteiger partial charge in [0.1, 0.15) is 11.6 Å². The van der Waals surface area contributed by atoms with Crippen molar-refractivity contribution >= 4 is 11.9 Å². The molecule has 0 spiro atoms. The number of nitrogens with two attached hydrogens (primary N) is 1. The number of carbonyl (C=O) groups is 2. The predicted molar refractivity (Wildman–Crippen MR) is 112 cm³/mol. The number of carboxylic acid groups (broad SMARTS) is 1. The van der Waals surface area contributed by atoms with Gasteiger partial charge < -0.3 is 20.1 Å². The highest BCUT2D eigenvalue weighted by atomic mass is 19.1. The monoisotopic (exact) mass is 410 g/mol. The summed E-state index contributed by atoms with van der Waals surface area (Å²) in [5.41, 5.74) is 9.51. The van der Waals surface area contributed by atoms with Gasteiger partial charge in [-0.05, 0) is 68.3 Å². The van der Waals surface area contributed by atoms with Gasteiger partial charge in [-0.15, -0.1) is 0 Å². The molecule has 0 fully saturated rings. The highest BCUT2D eigenvalue weighted by Crippen LogP contribution is 2.35. The van der Waals surface area contributed by atoms with Gasteiger partial charge in [-0.1, -0.05) is 0 Å². The Hall–Kier alpha value is -3.61. The molecule has 3 N–H and O–H groups in total. The van der Waals surface area contributed by atoms with E-state index in [0.29, 0.717) is 29.9 Å². The van der Waals surface area contributed by atoms with E-state index in [1.54, 1.807) is 24.3 Å². The third-order valence-corrected chi connectivity index (χ3v) is 4.80. The van der Waals surface area contributed by atoms with Crippen LogP contribution < -0.4 is 10.5 Å². The number of amides is 1. The van der Waals surface area contributed by atoms with Gasteiger partial charge in [0.15, 0.2) is 0 Å². The summed E-state index contributed by atoms with van der Waals surface area (Å²) in [5.74, 6) is -1.44. The van der Waals surface area contributed by atoms with Gasteiger partial charge in [-0.3, -0.25) is 9.59 Å². The smallest absolute Gasteiger partial charge is 0.303 e. The first-order valence-corrected chi connectivity index (χ1v) is 9.57. The molecule has 7 heteroatoms. The molecule has 0 atom stereocenters. The van der Waals surface area contributed by atoms with Crippen molar-refractivity contribution < 1.29 is 23.8 Å². The summed E-state index contributed by atoms with van der Waals surface area (Å²) >= 11 is 0. The molecule has 0 saturated heterocycles. The first kappa shape index (κ1) is 21.1. The van der Waals surface area contributed by atoms with E-state index in [2.05, 4.69) is 0 Å². The van der Waals surface area contributed by atoms with Crippen LogP contribution in [0.1, 0.15) is 35.0 Å². The van der Waals surface area contributed by atoms with Crippen LogP contribution in [-0.4, -0.2) is 28.2 Å². The third-order valence-electron chi connectivity index (χ3n) is 4.80. The average molecular weight is 410 g/mol. The summed E-state index contributed by atoms with van der Waals surface area (Å²) in [6.45, 7) is 4.04. The van der Waals surface area contributed by atoms with E-state index in [4.69, 9.17) is 15.6 Å². The number of aryl methyl sites for hydroxylation is 2. The zero-order valence-electron chi connectivity index (χ0n) is 16.8. The van der Waals surface area contributed by atoms with E-state index >= 15 is 0 Å². The van der Waals surface area contributed by atoms with Crippen molar-refractivity contribution in [2.45, 2.75) is 26.7 Å². The van der Waals surface area contributed by atoms with Crippen LogP contribution in [0.2, 0.25) is 0 Å². The number of carboxylic acids is 1. The van der Waals surface area contributed by atoms with Crippen LogP contribution in [-0.2, 0) is 11.2 Å². The second-order valence-corrected chi connectivity index (χ2v) is 6.88. The Labute approximate surface area is 173 Å². The topological polar surface area (TPSA) is 94.6 Å². The van der Waals surface area contributed by atoms with E-state index in [-0.39, 0.29) is 6.42 Å². The van der Waals surface area contributed by atoms with E-state index in [9.17, 15) is 14.0 Å². The van der Waals surface area contributed by atoms with Gasteiger partial charge in [0.25, 0.3) is 0 Å². The molecule has 1 heterocycles. The Morgan fingerprint density at radius 2 is 1.90 bits per heavy atom. The van der Waals surface area contributed by atoms with Gasteiger partial charge in [0, 0.05) is 28.6 Å². The number of aliphatic carboxylic acids is 1. The lowest BCUT2D eigenvalue weighted by atomic mass is 10.1. The van der Waals surface area contributed by atoms with Crippen molar-refractivity contribution in [2.24, 2.45) is 5.73 Å². The molecule has 3 aromatic rings. The van der Waals surface area contributed by atoms with Crippen LogP contribution in [0.25, 0.3) is 16.9 Å². The lowest BCUT2D eigenvalue weighted by molar-refractivity contribution is -0.136. The fraction of sp³-hybridized carbons (Fsp3) is 0.217. The van der Waals surface area contributed by atoms with Gasteiger partial charge in [-0.2, -0.15) is 0 Å². The Bertz CT molecular complexity index is 1100. The molecule has 0 aliphatic rings. The predicted octanol–water partition coefficient (Wildman–Crippen LogP) is 4.11. The molecule has 0 aliphatic carbocycles. The molecular weight excluding hydrogens is 387 g/mol. The minimum Gasteiger partial charge on any atom is -0.493 e. The standard InChI is InChI=1S/C23H23FN2O4/c1-3-30-21-13-16(24)5-8-18(21)20-10-6-17(7-11-22(27)28)26(20)19-9-4-15(23(25)29)12-14(19)2/h4-6,8-10,12-13H,3,7,11H2,1-2H3,(H2,25,29)(H,27,28). The Balaban J connectivity index is 2.21. The fourth-order valence-electron chi connectivity index (χ4n) is 3.45.